The molecule has 1 N–H and O–H groups in total. The van der Waals surface area contributed by atoms with Gasteiger partial charge < -0.3 is 5.32 Å². The largest absolute Gasteiger partial charge is 0.313 e. The van der Waals surface area contributed by atoms with Gasteiger partial charge in [0.2, 0.25) is 10.0 Å². The Morgan fingerprint density at radius 3 is 2.69 bits per heavy atom. The van der Waals surface area contributed by atoms with Crippen LogP contribution in [0.5, 0.6) is 0 Å². The molecule has 0 spiro atoms. The number of hydrogen-bond acceptors (Lipinski definition) is 3. The Bertz CT molecular complexity index is 284. The predicted octanol–water partition coefficient (Wildman–Crippen LogP) is 1.19. The van der Waals surface area contributed by atoms with Crippen LogP contribution in [0.4, 0.5) is 0 Å². The molecule has 1 heterocycles. The van der Waals surface area contributed by atoms with Crippen molar-refractivity contribution in [2.24, 2.45) is 0 Å². The number of unbranched alkanes of at least 4 members (excludes halogenated alkanes) is 1. The summed E-state index contributed by atoms with van der Waals surface area (Å²) in [4.78, 5) is 0. The summed E-state index contributed by atoms with van der Waals surface area (Å²) in [6, 6.07) is 0.155. The molecule has 1 atom stereocenters. The minimum Gasteiger partial charge on any atom is -0.313 e. The summed E-state index contributed by atoms with van der Waals surface area (Å²) >= 11 is 0. The Morgan fingerprint density at radius 2 is 2.12 bits per heavy atom. The van der Waals surface area contributed by atoms with Gasteiger partial charge in [-0.2, -0.15) is 0 Å². The third-order valence-corrected chi connectivity index (χ3v) is 5.08. The second-order valence-corrected chi connectivity index (χ2v) is 6.72. The fourth-order valence-corrected chi connectivity index (χ4v) is 3.42. The van der Waals surface area contributed by atoms with Crippen LogP contribution in [0, 0.1) is 0 Å². The van der Waals surface area contributed by atoms with Crippen LogP contribution in [0.15, 0.2) is 0 Å². The molecule has 1 rings (SSSR count). The molecule has 0 radical (unpaired) electrons. The highest BCUT2D eigenvalue weighted by Crippen LogP contribution is 2.11. The number of nitrogens with one attached hydrogen (secondary N) is 1. The van der Waals surface area contributed by atoms with Gasteiger partial charge in [0.15, 0.2) is 0 Å². The van der Waals surface area contributed by atoms with Gasteiger partial charge >= 0.3 is 0 Å². The van der Waals surface area contributed by atoms with Crippen LogP contribution in [0.1, 0.15) is 39.0 Å². The molecule has 1 aliphatic rings. The Labute approximate surface area is 99.5 Å². The summed E-state index contributed by atoms with van der Waals surface area (Å²) in [5, 5.41) is 3.28. The summed E-state index contributed by atoms with van der Waals surface area (Å²) in [6.07, 6.45) is 5.27. The molecule has 16 heavy (non-hydrogen) atoms. The first-order chi connectivity index (χ1) is 7.56. The molecule has 1 aliphatic heterocycles. The standard InChI is InChI=1S/C11H24N2O2S/c1-3-4-9-13(2)16(14,15)10-11-7-5-6-8-12-11/h11-12H,3-10H2,1-2H3. The van der Waals surface area contributed by atoms with Gasteiger partial charge in [-0.15, -0.1) is 0 Å². The van der Waals surface area contributed by atoms with E-state index in [1.807, 2.05) is 0 Å². The van der Waals surface area contributed by atoms with Crippen LogP contribution in [-0.2, 0) is 10.0 Å². The zero-order valence-corrected chi connectivity index (χ0v) is 11.2. The highest BCUT2D eigenvalue weighted by molar-refractivity contribution is 7.89. The van der Waals surface area contributed by atoms with Crippen molar-refractivity contribution in [1.29, 1.82) is 0 Å². The van der Waals surface area contributed by atoms with Crippen molar-refractivity contribution >= 4 is 10.0 Å². The van der Waals surface area contributed by atoms with E-state index in [2.05, 4.69) is 12.2 Å². The van der Waals surface area contributed by atoms with Crippen LogP contribution in [0.25, 0.3) is 0 Å². The first kappa shape index (κ1) is 13.9. The van der Waals surface area contributed by atoms with Crippen LogP contribution in [0.3, 0.4) is 0 Å². The van der Waals surface area contributed by atoms with E-state index in [0.29, 0.717) is 6.54 Å². The highest BCUT2D eigenvalue weighted by atomic mass is 32.2. The van der Waals surface area contributed by atoms with Gasteiger partial charge in [-0.3, -0.25) is 0 Å². The fourth-order valence-electron chi connectivity index (χ4n) is 1.97. The average Bonchev–Trinajstić information content (AvgIpc) is 2.26. The monoisotopic (exact) mass is 248 g/mol. The van der Waals surface area contributed by atoms with Crippen LogP contribution >= 0.6 is 0 Å². The Morgan fingerprint density at radius 1 is 1.38 bits per heavy atom. The lowest BCUT2D eigenvalue weighted by Gasteiger charge is -2.25. The molecule has 0 aliphatic carbocycles. The van der Waals surface area contributed by atoms with Crippen molar-refractivity contribution in [3.8, 4) is 0 Å². The normalized spacial score (nSPS) is 22.6. The van der Waals surface area contributed by atoms with Crippen LogP contribution in [0.2, 0.25) is 0 Å². The maximum atomic E-state index is 12.0. The maximum Gasteiger partial charge on any atom is 0.215 e. The van der Waals surface area contributed by atoms with Crippen LogP contribution < -0.4 is 5.32 Å². The third kappa shape index (κ3) is 4.39. The van der Waals surface area contributed by atoms with Crippen LogP contribution in [-0.4, -0.2) is 44.7 Å². The van der Waals surface area contributed by atoms with Gasteiger partial charge in [0.1, 0.15) is 0 Å². The lowest BCUT2D eigenvalue weighted by Crippen LogP contribution is -2.43. The van der Waals surface area contributed by atoms with Gasteiger partial charge in [0, 0.05) is 19.6 Å². The molecule has 1 fully saturated rings. The summed E-state index contributed by atoms with van der Waals surface area (Å²) in [6.45, 7) is 3.67. The minimum atomic E-state index is -3.06. The second-order valence-electron chi connectivity index (χ2n) is 4.60. The minimum absolute atomic E-state index is 0.155. The Kier molecular flexibility index (Phi) is 5.72. The van der Waals surface area contributed by atoms with Crippen molar-refractivity contribution in [3.63, 3.8) is 0 Å². The molecule has 0 bridgehead atoms. The average molecular weight is 248 g/mol. The van der Waals surface area contributed by atoms with E-state index in [1.54, 1.807) is 7.05 Å². The number of rotatable bonds is 6. The molecular weight excluding hydrogens is 224 g/mol. The van der Waals surface area contributed by atoms with E-state index in [0.717, 1.165) is 32.2 Å². The molecule has 0 aromatic heterocycles. The van der Waals surface area contributed by atoms with Crippen molar-refractivity contribution < 1.29 is 8.42 Å². The first-order valence-corrected chi connectivity index (χ1v) is 7.84. The Hall–Kier alpha value is -0.130. The maximum absolute atomic E-state index is 12.0. The number of hydrogen-bond donors (Lipinski definition) is 1. The summed E-state index contributed by atoms with van der Waals surface area (Å²) in [5.74, 6) is 0.257. The molecule has 0 saturated carbocycles. The van der Waals surface area contributed by atoms with Gasteiger partial charge in [-0.05, 0) is 25.8 Å². The quantitative estimate of drug-likeness (QED) is 0.768. The van der Waals surface area contributed by atoms with E-state index < -0.39 is 10.0 Å². The molecule has 1 saturated heterocycles. The summed E-state index contributed by atoms with van der Waals surface area (Å²) in [5.41, 5.74) is 0. The fraction of sp³-hybridized carbons (Fsp3) is 1.00. The first-order valence-electron chi connectivity index (χ1n) is 6.23. The molecular formula is C11H24N2O2S. The van der Waals surface area contributed by atoms with Crippen molar-refractivity contribution in [2.75, 3.05) is 25.9 Å². The zero-order valence-electron chi connectivity index (χ0n) is 10.4. The highest BCUT2D eigenvalue weighted by Gasteiger charge is 2.24. The molecule has 0 aromatic rings. The topological polar surface area (TPSA) is 49.4 Å². The van der Waals surface area contributed by atoms with Gasteiger partial charge in [0.05, 0.1) is 5.75 Å². The molecule has 1 unspecified atom stereocenters. The number of nitrogens with zero attached hydrogens (tertiary/aromatic N) is 1. The second kappa shape index (κ2) is 6.57. The lowest BCUT2D eigenvalue weighted by molar-refractivity contribution is 0.407. The summed E-state index contributed by atoms with van der Waals surface area (Å²) in [7, 11) is -1.37. The van der Waals surface area contributed by atoms with Crippen molar-refractivity contribution in [1.82, 2.24) is 9.62 Å². The SMILES string of the molecule is CCCCN(C)S(=O)(=O)CC1CCCCN1. The van der Waals surface area contributed by atoms with E-state index in [4.69, 9.17) is 0 Å². The number of sulfonamides is 1. The van der Waals surface area contributed by atoms with Crippen molar-refractivity contribution in [3.05, 3.63) is 0 Å². The third-order valence-electron chi connectivity index (χ3n) is 3.13. The van der Waals surface area contributed by atoms with E-state index in [-0.39, 0.29) is 11.8 Å². The predicted molar refractivity (Wildman–Crippen MR) is 67.0 cm³/mol. The van der Waals surface area contributed by atoms with E-state index in [1.165, 1.54) is 10.7 Å². The smallest absolute Gasteiger partial charge is 0.215 e. The molecule has 96 valence electrons. The number of piperidine rings is 1. The van der Waals surface area contributed by atoms with E-state index in [9.17, 15) is 8.42 Å². The van der Waals surface area contributed by atoms with E-state index >= 15 is 0 Å². The van der Waals surface area contributed by atoms with Gasteiger partial charge in [0.25, 0.3) is 0 Å². The van der Waals surface area contributed by atoms with Gasteiger partial charge in [-0.25, -0.2) is 12.7 Å². The molecule has 5 heteroatoms. The van der Waals surface area contributed by atoms with Crippen molar-refractivity contribution in [2.45, 2.75) is 45.1 Å². The van der Waals surface area contributed by atoms with Gasteiger partial charge in [-0.1, -0.05) is 19.8 Å². The summed E-state index contributed by atoms with van der Waals surface area (Å²) < 4.78 is 25.5. The Balaban J connectivity index is 2.42. The zero-order chi connectivity index (χ0) is 12.0. The molecule has 0 aromatic carbocycles. The molecule has 4 nitrogen and oxygen atoms in total. The molecule has 0 amide bonds. The lowest BCUT2D eigenvalue weighted by atomic mass is 10.1.